The number of hydrogen-bond acceptors (Lipinski definition) is 6. The van der Waals surface area contributed by atoms with Gasteiger partial charge in [-0.25, -0.2) is 10.2 Å². The standard InChI is InChI=1S/C20H17ClN4O4/c1-12-9-16(24-23-12)19(26)25-22-11-13-7-8-17(18(10-13)28-2)29-20(27)14-5-3-4-6-15(14)21/h3-11H,1-2H3,(H,23,24)(H,25,26). The lowest BCUT2D eigenvalue weighted by Crippen LogP contribution is -2.18. The van der Waals surface area contributed by atoms with E-state index in [1.807, 2.05) is 0 Å². The second kappa shape index (κ2) is 9.03. The molecule has 2 N–H and O–H groups in total. The highest BCUT2D eigenvalue weighted by atomic mass is 35.5. The number of carbonyl (C=O) groups excluding carboxylic acids is 2. The molecular weight excluding hydrogens is 396 g/mol. The van der Waals surface area contributed by atoms with Gasteiger partial charge in [0, 0.05) is 5.69 Å². The summed E-state index contributed by atoms with van der Waals surface area (Å²) in [5.74, 6) is -0.492. The summed E-state index contributed by atoms with van der Waals surface area (Å²) in [6, 6.07) is 13.0. The number of aromatic amines is 1. The van der Waals surface area contributed by atoms with Gasteiger partial charge in [0.2, 0.25) is 0 Å². The smallest absolute Gasteiger partial charge is 0.345 e. The number of hydrazone groups is 1. The number of aromatic nitrogens is 2. The first-order chi connectivity index (χ1) is 14.0. The molecule has 1 heterocycles. The molecule has 3 aromatic rings. The Kier molecular flexibility index (Phi) is 6.25. The topological polar surface area (TPSA) is 106 Å². The molecule has 0 fully saturated rings. The maximum Gasteiger partial charge on any atom is 0.345 e. The molecule has 29 heavy (non-hydrogen) atoms. The van der Waals surface area contributed by atoms with Gasteiger partial charge in [-0.3, -0.25) is 9.89 Å². The number of ether oxygens (including phenoxy) is 2. The molecule has 0 unspecified atom stereocenters. The summed E-state index contributed by atoms with van der Waals surface area (Å²) >= 11 is 6.02. The minimum atomic E-state index is -0.600. The largest absolute Gasteiger partial charge is 0.493 e. The van der Waals surface area contributed by atoms with E-state index in [1.54, 1.807) is 55.5 Å². The van der Waals surface area contributed by atoms with Gasteiger partial charge in [0.15, 0.2) is 17.2 Å². The molecule has 148 valence electrons. The summed E-state index contributed by atoms with van der Waals surface area (Å²) in [6.07, 6.45) is 1.43. The Balaban J connectivity index is 1.69. The van der Waals surface area contributed by atoms with Crippen LogP contribution in [0.2, 0.25) is 5.02 Å². The van der Waals surface area contributed by atoms with Crippen LogP contribution < -0.4 is 14.9 Å². The summed E-state index contributed by atoms with van der Waals surface area (Å²) in [4.78, 5) is 24.2. The number of aryl methyl sites for hydroxylation is 1. The first kappa shape index (κ1) is 20.1. The fraction of sp³-hybridized carbons (Fsp3) is 0.100. The van der Waals surface area contributed by atoms with Crippen molar-refractivity contribution >= 4 is 29.7 Å². The van der Waals surface area contributed by atoms with Crippen LogP contribution >= 0.6 is 11.6 Å². The van der Waals surface area contributed by atoms with Crippen molar-refractivity contribution in [2.75, 3.05) is 7.11 Å². The molecule has 0 radical (unpaired) electrons. The molecule has 1 aromatic heterocycles. The van der Waals surface area contributed by atoms with Crippen LogP contribution in [0.1, 0.15) is 32.1 Å². The number of rotatable bonds is 6. The summed E-state index contributed by atoms with van der Waals surface area (Å²) < 4.78 is 10.7. The van der Waals surface area contributed by atoms with Crippen molar-refractivity contribution in [3.05, 3.63) is 76.1 Å². The zero-order valence-corrected chi connectivity index (χ0v) is 16.4. The van der Waals surface area contributed by atoms with Gasteiger partial charge >= 0.3 is 5.97 Å². The Bertz CT molecular complexity index is 1080. The van der Waals surface area contributed by atoms with Gasteiger partial charge in [-0.05, 0) is 48.9 Å². The minimum absolute atomic E-state index is 0.227. The minimum Gasteiger partial charge on any atom is -0.493 e. The van der Waals surface area contributed by atoms with E-state index in [4.69, 9.17) is 21.1 Å². The van der Waals surface area contributed by atoms with Crippen molar-refractivity contribution in [1.82, 2.24) is 15.6 Å². The average molecular weight is 413 g/mol. The van der Waals surface area contributed by atoms with Crippen LogP contribution in [0.4, 0.5) is 0 Å². The van der Waals surface area contributed by atoms with E-state index in [2.05, 4.69) is 20.7 Å². The molecule has 0 saturated carbocycles. The molecule has 0 aliphatic heterocycles. The molecule has 0 aliphatic rings. The Morgan fingerprint density at radius 2 is 1.97 bits per heavy atom. The normalized spacial score (nSPS) is 10.7. The molecule has 0 aliphatic carbocycles. The van der Waals surface area contributed by atoms with Crippen LogP contribution in [-0.4, -0.2) is 35.4 Å². The first-order valence-electron chi connectivity index (χ1n) is 8.48. The fourth-order valence-electron chi connectivity index (χ4n) is 2.39. The summed E-state index contributed by atoms with van der Waals surface area (Å²) in [6.45, 7) is 1.79. The summed E-state index contributed by atoms with van der Waals surface area (Å²) in [5, 5.41) is 10.7. The monoisotopic (exact) mass is 412 g/mol. The average Bonchev–Trinajstić information content (AvgIpc) is 3.15. The Morgan fingerprint density at radius 1 is 1.17 bits per heavy atom. The Labute approximate surface area is 171 Å². The first-order valence-corrected chi connectivity index (χ1v) is 8.86. The molecule has 3 rings (SSSR count). The summed E-state index contributed by atoms with van der Waals surface area (Å²) in [5.41, 5.74) is 4.26. The van der Waals surface area contributed by atoms with E-state index < -0.39 is 11.9 Å². The molecule has 1 amide bonds. The second-order valence-corrected chi connectivity index (χ2v) is 6.32. The molecule has 8 nitrogen and oxygen atoms in total. The molecule has 0 saturated heterocycles. The van der Waals surface area contributed by atoms with E-state index in [9.17, 15) is 9.59 Å². The zero-order chi connectivity index (χ0) is 20.8. The number of benzene rings is 2. The molecule has 9 heteroatoms. The SMILES string of the molecule is COc1cc(C=NNC(=O)c2cc(C)[nH]n2)ccc1OC(=O)c1ccccc1Cl. The molecule has 0 bridgehead atoms. The molecule has 2 aromatic carbocycles. The lowest BCUT2D eigenvalue weighted by atomic mass is 10.2. The van der Waals surface area contributed by atoms with Crippen molar-refractivity contribution in [3.8, 4) is 11.5 Å². The van der Waals surface area contributed by atoms with Crippen molar-refractivity contribution in [1.29, 1.82) is 0 Å². The highest BCUT2D eigenvalue weighted by Crippen LogP contribution is 2.29. The lowest BCUT2D eigenvalue weighted by molar-refractivity contribution is 0.0729. The maximum absolute atomic E-state index is 12.3. The van der Waals surface area contributed by atoms with Crippen LogP contribution in [0.25, 0.3) is 0 Å². The van der Waals surface area contributed by atoms with Gasteiger partial charge in [-0.1, -0.05) is 23.7 Å². The van der Waals surface area contributed by atoms with Crippen LogP contribution in [0.15, 0.2) is 53.6 Å². The van der Waals surface area contributed by atoms with Crippen LogP contribution in [0.5, 0.6) is 11.5 Å². The van der Waals surface area contributed by atoms with E-state index in [0.29, 0.717) is 16.3 Å². The van der Waals surface area contributed by atoms with Crippen molar-refractivity contribution in [2.45, 2.75) is 6.92 Å². The van der Waals surface area contributed by atoms with E-state index >= 15 is 0 Å². The van der Waals surface area contributed by atoms with Gasteiger partial charge in [-0.15, -0.1) is 0 Å². The van der Waals surface area contributed by atoms with Gasteiger partial charge in [0.25, 0.3) is 5.91 Å². The fourth-order valence-corrected chi connectivity index (χ4v) is 2.60. The number of esters is 1. The third-order valence-electron chi connectivity index (χ3n) is 3.80. The number of carbonyl (C=O) groups is 2. The molecule has 0 atom stereocenters. The zero-order valence-electron chi connectivity index (χ0n) is 15.6. The van der Waals surface area contributed by atoms with Crippen molar-refractivity contribution in [2.24, 2.45) is 5.10 Å². The number of H-pyrrole nitrogens is 1. The Hall–Kier alpha value is -3.65. The van der Waals surface area contributed by atoms with Gasteiger partial charge < -0.3 is 9.47 Å². The third kappa shape index (κ3) is 4.99. The van der Waals surface area contributed by atoms with Gasteiger partial charge in [0.1, 0.15) is 0 Å². The van der Waals surface area contributed by atoms with Crippen LogP contribution in [-0.2, 0) is 0 Å². The van der Waals surface area contributed by atoms with Gasteiger partial charge in [-0.2, -0.15) is 10.2 Å². The predicted molar refractivity (Wildman–Crippen MR) is 108 cm³/mol. The summed E-state index contributed by atoms with van der Waals surface area (Å²) in [7, 11) is 1.45. The van der Waals surface area contributed by atoms with E-state index in [-0.39, 0.29) is 17.0 Å². The highest BCUT2D eigenvalue weighted by Gasteiger charge is 2.15. The highest BCUT2D eigenvalue weighted by molar-refractivity contribution is 6.33. The number of nitrogens with zero attached hydrogens (tertiary/aromatic N) is 2. The number of methoxy groups -OCH3 is 1. The number of amides is 1. The van der Waals surface area contributed by atoms with Crippen molar-refractivity contribution < 1.29 is 19.1 Å². The third-order valence-corrected chi connectivity index (χ3v) is 4.13. The predicted octanol–water partition coefficient (Wildman–Crippen LogP) is 3.36. The van der Waals surface area contributed by atoms with Gasteiger partial charge in [0.05, 0.1) is 23.9 Å². The van der Waals surface area contributed by atoms with E-state index in [0.717, 1.165) is 5.69 Å². The maximum atomic E-state index is 12.3. The Morgan fingerprint density at radius 3 is 2.66 bits per heavy atom. The van der Waals surface area contributed by atoms with Crippen LogP contribution in [0, 0.1) is 6.92 Å². The number of hydrogen-bond donors (Lipinski definition) is 2. The van der Waals surface area contributed by atoms with Crippen LogP contribution in [0.3, 0.4) is 0 Å². The lowest BCUT2D eigenvalue weighted by Gasteiger charge is -2.10. The van der Waals surface area contributed by atoms with Crippen molar-refractivity contribution in [3.63, 3.8) is 0 Å². The quantitative estimate of drug-likeness (QED) is 0.279. The molecular formula is C20H17ClN4O4. The molecule has 0 spiro atoms. The van der Waals surface area contributed by atoms with E-state index in [1.165, 1.54) is 13.3 Å². The number of nitrogens with one attached hydrogen (secondary N) is 2. The number of halogens is 1. The second-order valence-electron chi connectivity index (χ2n) is 5.91.